The molecule has 1 saturated heterocycles. The average Bonchev–Trinajstić information content (AvgIpc) is 2.14. The Kier molecular flexibility index (Phi) is 5.32. The quantitative estimate of drug-likeness (QED) is 0.526. The van der Waals surface area contributed by atoms with Crippen LogP contribution < -0.4 is 0 Å². The van der Waals surface area contributed by atoms with Gasteiger partial charge >= 0.3 is 0 Å². The van der Waals surface area contributed by atoms with Gasteiger partial charge < -0.3 is 4.74 Å². The minimum absolute atomic E-state index is 0.100. The van der Waals surface area contributed by atoms with Gasteiger partial charge in [-0.2, -0.15) is 0 Å². The summed E-state index contributed by atoms with van der Waals surface area (Å²) in [7, 11) is -2.80. The van der Waals surface area contributed by atoms with Crippen LogP contribution >= 0.6 is 11.6 Å². The van der Waals surface area contributed by atoms with Crippen molar-refractivity contribution in [2.45, 2.75) is 13.0 Å². The van der Waals surface area contributed by atoms with Crippen LogP contribution in [0.1, 0.15) is 6.92 Å². The molecule has 4 nitrogen and oxygen atoms in total. The third-order valence-electron chi connectivity index (χ3n) is 2.55. The topological polar surface area (TPSA) is 46.6 Å². The van der Waals surface area contributed by atoms with Gasteiger partial charge in [0.25, 0.3) is 0 Å². The first-order valence-electron chi connectivity index (χ1n) is 5.13. The molecule has 0 aromatic heterocycles. The van der Waals surface area contributed by atoms with Gasteiger partial charge in [0, 0.05) is 25.0 Å². The molecule has 0 bridgehead atoms. The molecule has 0 aromatic carbocycles. The number of halogens is 1. The first kappa shape index (κ1) is 13.2. The molecule has 6 heteroatoms. The first-order chi connectivity index (χ1) is 7.05. The lowest BCUT2D eigenvalue weighted by Crippen LogP contribution is -2.48. The fourth-order valence-corrected chi connectivity index (χ4v) is 3.44. The van der Waals surface area contributed by atoms with E-state index in [1.54, 1.807) is 0 Å². The molecule has 0 saturated carbocycles. The van der Waals surface area contributed by atoms with Crippen molar-refractivity contribution in [3.8, 4) is 0 Å². The van der Waals surface area contributed by atoms with Crippen molar-refractivity contribution in [3.05, 3.63) is 0 Å². The van der Waals surface area contributed by atoms with Gasteiger partial charge in [0.05, 0.1) is 24.7 Å². The second-order valence-corrected chi connectivity index (χ2v) is 6.41. The molecule has 0 radical (unpaired) electrons. The predicted octanol–water partition coefficient (Wildman–Crippen LogP) is 0.361. The predicted molar refractivity (Wildman–Crippen MR) is 61.2 cm³/mol. The molecule has 1 heterocycles. The van der Waals surface area contributed by atoms with Gasteiger partial charge in [0.1, 0.15) is 0 Å². The van der Waals surface area contributed by atoms with Crippen molar-refractivity contribution in [2.75, 3.05) is 43.7 Å². The van der Waals surface area contributed by atoms with Crippen molar-refractivity contribution in [3.63, 3.8) is 0 Å². The number of rotatable bonds is 5. The smallest absolute Gasteiger partial charge is 0.153 e. The van der Waals surface area contributed by atoms with Gasteiger partial charge in [-0.25, -0.2) is 8.42 Å². The number of sulfone groups is 1. The molecular formula is C9H18ClNO3S. The Morgan fingerprint density at radius 1 is 1.47 bits per heavy atom. The van der Waals surface area contributed by atoms with Gasteiger partial charge in [-0.15, -0.1) is 11.6 Å². The summed E-state index contributed by atoms with van der Waals surface area (Å²) in [6.45, 7) is 4.53. The number of hydrogen-bond donors (Lipinski definition) is 0. The second-order valence-electron chi connectivity index (χ2n) is 3.80. The van der Waals surface area contributed by atoms with E-state index in [1.807, 2.05) is 6.92 Å². The molecule has 1 fully saturated rings. The third-order valence-corrected chi connectivity index (χ3v) is 4.50. The number of nitrogens with zero attached hydrogens (tertiary/aromatic N) is 1. The van der Waals surface area contributed by atoms with Crippen LogP contribution in [0, 0.1) is 0 Å². The van der Waals surface area contributed by atoms with Crippen LogP contribution in [0.25, 0.3) is 0 Å². The monoisotopic (exact) mass is 255 g/mol. The minimum Gasteiger partial charge on any atom is -0.379 e. The normalized spacial score (nSPS) is 26.7. The van der Waals surface area contributed by atoms with E-state index >= 15 is 0 Å². The number of hydrogen-bond acceptors (Lipinski definition) is 4. The Hall–Kier alpha value is 0.160. The van der Waals surface area contributed by atoms with Crippen molar-refractivity contribution in [2.24, 2.45) is 0 Å². The highest BCUT2D eigenvalue weighted by Crippen LogP contribution is 2.10. The van der Waals surface area contributed by atoms with Crippen LogP contribution in [0.2, 0.25) is 0 Å². The van der Waals surface area contributed by atoms with Crippen molar-refractivity contribution in [1.29, 1.82) is 0 Å². The lowest BCUT2D eigenvalue weighted by molar-refractivity contribution is 0.103. The average molecular weight is 256 g/mol. The van der Waals surface area contributed by atoms with E-state index in [0.29, 0.717) is 25.6 Å². The number of ether oxygens (including phenoxy) is 1. The molecule has 0 aliphatic carbocycles. The summed E-state index contributed by atoms with van der Waals surface area (Å²) in [6, 6.07) is 0.100. The van der Waals surface area contributed by atoms with Crippen LogP contribution in [0.15, 0.2) is 0 Å². The van der Waals surface area contributed by atoms with Crippen LogP contribution in [-0.4, -0.2) is 63.0 Å². The van der Waals surface area contributed by atoms with Crippen molar-refractivity contribution < 1.29 is 13.2 Å². The Morgan fingerprint density at radius 2 is 2.20 bits per heavy atom. The Bertz CT molecular complexity index is 281. The Morgan fingerprint density at radius 3 is 2.80 bits per heavy atom. The Balaban J connectivity index is 2.26. The lowest BCUT2D eigenvalue weighted by Gasteiger charge is -2.32. The zero-order valence-electron chi connectivity index (χ0n) is 8.99. The molecule has 0 N–H and O–H groups in total. The van der Waals surface area contributed by atoms with Crippen LogP contribution in [0.3, 0.4) is 0 Å². The van der Waals surface area contributed by atoms with E-state index in [2.05, 4.69) is 4.90 Å². The fraction of sp³-hybridized carbons (Fsp3) is 1.00. The van der Waals surface area contributed by atoms with Crippen LogP contribution in [0.4, 0.5) is 0 Å². The summed E-state index contributed by atoms with van der Waals surface area (Å²) in [5.74, 6) is 1.04. The molecule has 1 atom stereocenters. The Labute approximate surface area is 96.5 Å². The molecule has 0 aromatic rings. The van der Waals surface area contributed by atoms with Crippen LogP contribution in [-0.2, 0) is 14.6 Å². The van der Waals surface area contributed by atoms with Gasteiger partial charge in [0.15, 0.2) is 9.84 Å². The lowest BCUT2D eigenvalue weighted by atomic mass is 10.3. The summed E-state index contributed by atoms with van der Waals surface area (Å²) in [4.78, 5) is 2.15. The van der Waals surface area contributed by atoms with Crippen LogP contribution in [0.5, 0.6) is 0 Å². The maximum Gasteiger partial charge on any atom is 0.153 e. The van der Waals surface area contributed by atoms with Crippen molar-refractivity contribution in [1.82, 2.24) is 4.90 Å². The van der Waals surface area contributed by atoms with Gasteiger partial charge in [-0.1, -0.05) is 0 Å². The zero-order chi connectivity index (χ0) is 11.3. The maximum absolute atomic E-state index is 11.3. The molecule has 0 amide bonds. The van der Waals surface area contributed by atoms with E-state index in [4.69, 9.17) is 16.3 Å². The second kappa shape index (κ2) is 6.03. The summed E-state index contributed by atoms with van der Waals surface area (Å²) in [5.41, 5.74) is 0. The molecular weight excluding hydrogens is 238 g/mol. The standard InChI is InChI=1S/C9H18ClNO3S/c1-9-8-15(12,13)7-4-11(9)3-6-14-5-2-10/h9H,2-8H2,1H3. The highest BCUT2D eigenvalue weighted by atomic mass is 35.5. The highest BCUT2D eigenvalue weighted by molar-refractivity contribution is 7.91. The largest absolute Gasteiger partial charge is 0.379 e. The SMILES string of the molecule is CC1CS(=O)(=O)CCN1CCOCCCl. The molecule has 1 rings (SSSR count). The van der Waals surface area contributed by atoms with E-state index in [0.717, 1.165) is 6.54 Å². The minimum atomic E-state index is -2.80. The van der Waals surface area contributed by atoms with E-state index in [9.17, 15) is 8.42 Å². The number of alkyl halides is 1. The van der Waals surface area contributed by atoms with E-state index in [-0.39, 0.29) is 17.5 Å². The summed E-state index contributed by atoms with van der Waals surface area (Å²) in [5, 5.41) is 0. The molecule has 0 spiro atoms. The highest BCUT2D eigenvalue weighted by Gasteiger charge is 2.27. The maximum atomic E-state index is 11.3. The fourth-order valence-electron chi connectivity index (χ4n) is 1.70. The van der Waals surface area contributed by atoms with Crippen molar-refractivity contribution >= 4 is 21.4 Å². The summed E-state index contributed by atoms with van der Waals surface area (Å²) >= 11 is 5.47. The van der Waals surface area contributed by atoms with Gasteiger partial charge in [-0.05, 0) is 6.92 Å². The van der Waals surface area contributed by atoms with E-state index in [1.165, 1.54) is 0 Å². The van der Waals surface area contributed by atoms with Gasteiger partial charge in [0.2, 0.25) is 0 Å². The molecule has 15 heavy (non-hydrogen) atoms. The molecule has 1 aliphatic heterocycles. The van der Waals surface area contributed by atoms with Gasteiger partial charge in [-0.3, -0.25) is 4.90 Å². The third kappa shape index (κ3) is 4.68. The summed E-state index contributed by atoms with van der Waals surface area (Å²) in [6.07, 6.45) is 0. The zero-order valence-corrected chi connectivity index (χ0v) is 10.6. The van der Waals surface area contributed by atoms with E-state index < -0.39 is 9.84 Å². The first-order valence-corrected chi connectivity index (χ1v) is 7.49. The molecule has 90 valence electrons. The molecule has 1 unspecified atom stereocenters. The summed E-state index contributed by atoms with van der Waals surface area (Å²) < 4.78 is 27.9. The molecule has 1 aliphatic rings.